The topological polar surface area (TPSA) is 23.3 Å². The molecule has 0 amide bonds. The Morgan fingerprint density at radius 3 is 2.26 bits per heavy atom. The highest BCUT2D eigenvalue weighted by Gasteiger charge is 2.66. The normalized spacial score (nSPS) is 22.9. The van der Waals surface area contributed by atoms with Gasteiger partial charge in [-0.2, -0.15) is 4.57 Å². The summed E-state index contributed by atoms with van der Waals surface area (Å²) in [6.07, 6.45) is 14.7. The van der Waals surface area contributed by atoms with Gasteiger partial charge in [-0.15, -0.1) is 0 Å². The number of fused-ring (bicyclic) bond motifs is 14. The fraction of sp³-hybridized carbons (Fsp3) is 0.556. The number of rotatable bonds is 7. The Morgan fingerprint density at radius 1 is 0.845 bits per heavy atom. The standard InChI is InChI=1S/C54H69N3O/c1-31(2)25-36-21-24-45-41(29-36)50-52(58-45)40-23-22-39-47-42(30-56(38-19-15-12-16-20-38)53(32(3)4)55(10)37-17-13-11-14-18-37)51(47)57-43-27-33(5)26-34(6)46(43)35(7)28-44(57)48(39)49(40)54(50,8)9/h21-24,26-29,31-32,37-38,42,47,51H,11-20,25,30H2,1-10H3/q+2. The summed E-state index contributed by atoms with van der Waals surface area (Å²) in [5, 5.41) is 2.75. The molecular formula is C54H69N3O+2. The molecule has 10 rings (SSSR count). The average molecular weight is 776 g/mol. The van der Waals surface area contributed by atoms with Gasteiger partial charge in [0.2, 0.25) is 17.0 Å². The van der Waals surface area contributed by atoms with E-state index in [4.69, 9.17) is 4.42 Å². The summed E-state index contributed by atoms with van der Waals surface area (Å²) < 4.78 is 12.6. The Morgan fingerprint density at radius 2 is 1.55 bits per heavy atom. The van der Waals surface area contributed by atoms with Crippen LogP contribution >= 0.6 is 0 Å². The van der Waals surface area contributed by atoms with E-state index in [2.05, 4.69) is 132 Å². The van der Waals surface area contributed by atoms with Gasteiger partial charge in [0.1, 0.15) is 11.3 Å². The molecule has 3 saturated carbocycles. The second-order valence-electron chi connectivity index (χ2n) is 20.9. The minimum absolute atomic E-state index is 0.201. The molecular weight excluding hydrogens is 707 g/mol. The number of hydrogen-bond donors (Lipinski definition) is 0. The van der Waals surface area contributed by atoms with Gasteiger partial charge in [-0.3, -0.25) is 9.48 Å². The summed E-state index contributed by atoms with van der Waals surface area (Å²) in [7, 11) is 2.46. The van der Waals surface area contributed by atoms with Crippen LogP contribution in [0.5, 0.6) is 0 Å². The van der Waals surface area contributed by atoms with Crippen LogP contribution in [-0.2, 0) is 11.8 Å². The molecule has 4 heteroatoms. The molecule has 3 aromatic carbocycles. The van der Waals surface area contributed by atoms with E-state index in [1.807, 2.05) is 0 Å². The van der Waals surface area contributed by atoms with Crippen molar-refractivity contribution >= 4 is 27.7 Å². The van der Waals surface area contributed by atoms with E-state index < -0.39 is 0 Å². The molecule has 3 heterocycles. The van der Waals surface area contributed by atoms with E-state index in [0.29, 0.717) is 41.8 Å². The molecule has 0 bridgehead atoms. The van der Waals surface area contributed by atoms with Gasteiger partial charge in [0.25, 0.3) is 0 Å². The van der Waals surface area contributed by atoms with Gasteiger partial charge in [-0.25, -0.2) is 0 Å². The Balaban J connectivity index is 1.17. The predicted octanol–water partition coefficient (Wildman–Crippen LogP) is 12.9. The Labute approximate surface area is 348 Å². The lowest BCUT2D eigenvalue weighted by atomic mass is 9.76. The lowest BCUT2D eigenvalue weighted by molar-refractivity contribution is -0.669. The van der Waals surface area contributed by atoms with Crippen LogP contribution in [0.3, 0.4) is 0 Å². The molecule has 0 saturated heterocycles. The van der Waals surface area contributed by atoms with Gasteiger partial charge in [0.05, 0.1) is 54.4 Å². The highest BCUT2D eigenvalue weighted by Crippen LogP contribution is 2.65. The molecule has 0 N–H and O–H groups in total. The maximum absolute atomic E-state index is 6.92. The molecule has 0 radical (unpaired) electrons. The maximum atomic E-state index is 6.92. The fourth-order valence-electron chi connectivity index (χ4n) is 13.3. The molecule has 1 aliphatic heterocycles. The summed E-state index contributed by atoms with van der Waals surface area (Å²) >= 11 is 0. The monoisotopic (exact) mass is 776 g/mol. The van der Waals surface area contributed by atoms with Crippen molar-refractivity contribution in [3.05, 3.63) is 87.5 Å². The van der Waals surface area contributed by atoms with Gasteiger partial charge >= 0.3 is 0 Å². The van der Waals surface area contributed by atoms with E-state index in [1.165, 1.54) is 131 Å². The minimum atomic E-state index is -0.201. The first-order chi connectivity index (χ1) is 27.8. The molecule has 3 atom stereocenters. The largest absolute Gasteiger partial charge is 0.456 e. The average Bonchev–Trinajstić information content (AvgIpc) is 3.67. The number of hydrogen-bond acceptors (Lipinski definition) is 1. The van der Waals surface area contributed by atoms with E-state index in [9.17, 15) is 0 Å². The predicted molar refractivity (Wildman–Crippen MR) is 241 cm³/mol. The lowest BCUT2D eigenvalue weighted by Crippen LogP contribution is -2.50. The van der Waals surface area contributed by atoms with Crippen molar-refractivity contribution in [2.45, 2.75) is 162 Å². The van der Waals surface area contributed by atoms with Gasteiger partial charge in [-0.1, -0.05) is 78.6 Å². The number of aryl methyl sites for hydroxylation is 3. The summed E-state index contributed by atoms with van der Waals surface area (Å²) in [6, 6.07) is 21.2. The third-order valence-corrected chi connectivity index (χ3v) is 15.6. The smallest absolute Gasteiger partial charge is 0.249 e. The van der Waals surface area contributed by atoms with Crippen LogP contribution in [0.4, 0.5) is 0 Å². The Kier molecular flexibility index (Phi) is 9.30. The zero-order valence-corrected chi connectivity index (χ0v) is 37.4. The van der Waals surface area contributed by atoms with Crippen molar-refractivity contribution in [3.8, 4) is 22.6 Å². The Bertz CT molecular complexity index is 2480. The molecule has 5 aliphatic rings. The van der Waals surface area contributed by atoms with E-state index in [-0.39, 0.29) is 5.41 Å². The molecule has 304 valence electrons. The zero-order valence-electron chi connectivity index (χ0n) is 37.4. The second-order valence-corrected chi connectivity index (χ2v) is 20.9. The van der Waals surface area contributed by atoms with Crippen LogP contribution in [0.2, 0.25) is 0 Å². The number of benzene rings is 3. The third kappa shape index (κ3) is 5.88. The first kappa shape index (κ1) is 38.3. The summed E-state index contributed by atoms with van der Waals surface area (Å²) in [6.45, 7) is 22.7. The summed E-state index contributed by atoms with van der Waals surface area (Å²) in [5.74, 6) is 4.86. The number of amidine groups is 1. The molecule has 0 spiro atoms. The Hall–Kier alpha value is -3.92. The second kappa shape index (κ2) is 14.1. The van der Waals surface area contributed by atoms with Crippen molar-refractivity contribution in [2.75, 3.05) is 13.6 Å². The van der Waals surface area contributed by atoms with Crippen LogP contribution in [0.25, 0.3) is 44.5 Å². The number of nitrogens with zero attached hydrogens (tertiary/aromatic N) is 3. The molecule has 3 fully saturated rings. The molecule has 5 aromatic rings. The van der Waals surface area contributed by atoms with Gasteiger partial charge in [-0.05, 0) is 130 Å². The maximum Gasteiger partial charge on any atom is 0.249 e. The highest BCUT2D eigenvalue weighted by molar-refractivity contribution is 5.98. The van der Waals surface area contributed by atoms with Crippen molar-refractivity contribution in [1.82, 2.24) is 4.90 Å². The first-order valence-corrected chi connectivity index (χ1v) is 23.4. The zero-order chi connectivity index (χ0) is 40.4. The minimum Gasteiger partial charge on any atom is -0.456 e. The molecule has 2 aromatic heterocycles. The van der Waals surface area contributed by atoms with E-state index >= 15 is 0 Å². The molecule has 58 heavy (non-hydrogen) atoms. The number of pyridine rings is 1. The number of furan rings is 1. The van der Waals surface area contributed by atoms with Crippen molar-refractivity contribution in [3.63, 3.8) is 0 Å². The van der Waals surface area contributed by atoms with Crippen molar-refractivity contribution < 1.29 is 13.6 Å². The van der Waals surface area contributed by atoms with Crippen LogP contribution in [0.1, 0.15) is 157 Å². The molecule has 3 unspecified atom stereocenters. The van der Waals surface area contributed by atoms with E-state index in [1.54, 1.807) is 11.4 Å². The summed E-state index contributed by atoms with van der Waals surface area (Å²) in [5.41, 5.74) is 16.5. The first-order valence-electron chi connectivity index (χ1n) is 23.4. The van der Waals surface area contributed by atoms with Crippen LogP contribution < -0.4 is 4.57 Å². The van der Waals surface area contributed by atoms with Crippen molar-refractivity contribution in [2.24, 2.45) is 17.8 Å². The van der Waals surface area contributed by atoms with Crippen molar-refractivity contribution in [1.29, 1.82) is 0 Å². The number of aromatic nitrogens is 1. The summed E-state index contributed by atoms with van der Waals surface area (Å²) in [4.78, 5) is 3.02. The molecule has 4 aliphatic carbocycles. The quantitative estimate of drug-likeness (QED) is 0.0934. The SMILES string of the molecule is Cc1cc(C)c2c(C)cc3[n+](c2c1)C1C(CN(/C(C(C)C)=[N+](\C)C2CCCCC2)C2CCCCC2)C1c1ccc2c(c1-3)C(C)(C)c1c-2oc2ccc(CC(C)C)cc12. The lowest BCUT2D eigenvalue weighted by Gasteiger charge is -2.35. The highest BCUT2D eigenvalue weighted by atomic mass is 16.3. The fourth-order valence-corrected chi connectivity index (χ4v) is 13.3. The van der Waals surface area contributed by atoms with E-state index in [0.717, 1.165) is 24.3 Å². The third-order valence-electron chi connectivity index (χ3n) is 15.6. The van der Waals surface area contributed by atoms with Gasteiger partial charge < -0.3 is 4.42 Å². The van der Waals surface area contributed by atoms with Crippen LogP contribution in [-0.4, -0.2) is 41.0 Å². The van der Waals surface area contributed by atoms with Gasteiger partial charge in [0, 0.05) is 34.1 Å². The molecule has 4 nitrogen and oxygen atoms in total. The van der Waals surface area contributed by atoms with Gasteiger partial charge in [0.15, 0.2) is 6.04 Å². The van der Waals surface area contributed by atoms with Crippen LogP contribution in [0.15, 0.2) is 52.9 Å². The van der Waals surface area contributed by atoms with Crippen LogP contribution in [0, 0.1) is 38.5 Å².